The minimum absolute atomic E-state index is 0.0156. The largest absolute Gasteiger partial charge is 0.254 e. The highest BCUT2D eigenvalue weighted by atomic mass is 32.2. The van der Waals surface area contributed by atoms with Crippen LogP contribution < -0.4 is 0 Å². The lowest BCUT2D eigenvalue weighted by atomic mass is 9.84. The summed E-state index contributed by atoms with van der Waals surface area (Å²) in [6.07, 6.45) is 8.07. The van der Waals surface area contributed by atoms with Crippen molar-refractivity contribution in [2.24, 2.45) is 5.41 Å². The fourth-order valence-electron chi connectivity index (χ4n) is 2.45. The fourth-order valence-corrected chi connectivity index (χ4v) is 3.79. The van der Waals surface area contributed by atoms with Gasteiger partial charge in [0, 0.05) is 5.75 Å². The van der Waals surface area contributed by atoms with Crippen LogP contribution in [0.1, 0.15) is 6.42 Å². The van der Waals surface area contributed by atoms with Gasteiger partial charge in [0.1, 0.15) is 0 Å². The monoisotopic (exact) mass is 165 g/mol. The average Bonchev–Trinajstić information content (AvgIpc) is 2.44. The van der Waals surface area contributed by atoms with Crippen LogP contribution in [-0.2, 0) is 4.84 Å². The first-order valence-electron chi connectivity index (χ1n) is 3.88. The molecule has 0 aromatic carbocycles. The Hall–Kier alpha value is -0.250. The Morgan fingerprint density at radius 1 is 1.64 bits per heavy atom. The summed E-state index contributed by atoms with van der Waals surface area (Å²) >= 11 is 1.82. The van der Waals surface area contributed by atoms with Gasteiger partial charge in [-0.05, 0) is 30.0 Å². The first kappa shape index (κ1) is 5.41. The number of fused-ring (bicyclic) bond motifs is 1. The second kappa shape index (κ2) is 1.22. The zero-order valence-corrected chi connectivity index (χ0v) is 6.73. The molecule has 2 heterocycles. The van der Waals surface area contributed by atoms with Gasteiger partial charge >= 0.3 is 0 Å². The van der Waals surface area contributed by atoms with E-state index in [2.05, 4.69) is 18.2 Å². The maximum Gasteiger partial charge on any atom is 0.205 e. The zero-order valence-electron chi connectivity index (χ0n) is 5.91. The van der Waals surface area contributed by atoms with Gasteiger partial charge in [0.05, 0.1) is 5.41 Å². The Labute approximate surface area is 69.0 Å². The van der Waals surface area contributed by atoms with E-state index in [0.29, 0.717) is 5.41 Å². The van der Waals surface area contributed by atoms with Crippen molar-refractivity contribution in [3.63, 3.8) is 0 Å². The number of nitrogens with zero attached hydrogens (tertiary/aromatic N) is 1. The van der Waals surface area contributed by atoms with E-state index in [0.717, 1.165) is 0 Å². The Balaban J connectivity index is 2.05. The van der Waals surface area contributed by atoms with Crippen LogP contribution in [0.2, 0.25) is 0 Å². The van der Waals surface area contributed by atoms with Gasteiger partial charge in [0.2, 0.25) is 5.72 Å². The van der Waals surface area contributed by atoms with Crippen LogP contribution in [0.15, 0.2) is 23.8 Å². The summed E-state index contributed by atoms with van der Waals surface area (Å²) in [5.74, 6) is 1.20. The van der Waals surface area contributed by atoms with E-state index in [4.69, 9.17) is 4.84 Å². The molecule has 0 amide bonds. The Morgan fingerprint density at radius 3 is 3.36 bits per heavy atom. The van der Waals surface area contributed by atoms with Crippen LogP contribution in [-0.4, -0.2) is 15.9 Å². The van der Waals surface area contributed by atoms with Gasteiger partial charge in [0.25, 0.3) is 0 Å². The molecule has 0 saturated carbocycles. The van der Waals surface area contributed by atoms with Crippen molar-refractivity contribution in [1.82, 2.24) is 4.47 Å². The fraction of sp³-hybridized carbons (Fsp3) is 0.500. The SMILES string of the molecule is C1=C[C@]23CSN4O[C@@]42C=C1C3. The predicted octanol–water partition coefficient (Wildman–Crippen LogP) is 1.48. The first-order chi connectivity index (χ1) is 5.35. The van der Waals surface area contributed by atoms with Gasteiger partial charge in [-0.2, -0.15) is 0 Å². The zero-order chi connectivity index (χ0) is 7.10. The van der Waals surface area contributed by atoms with Crippen molar-refractivity contribution in [3.8, 4) is 0 Å². The Morgan fingerprint density at radius 2 is 2.64 bits per heavy atom. The minimum atomic E-state index is 0.0156. The van der Waals surface area contributed by atoms with Gasteiger partial charge in [-0.1, -0.05) is 16.6 Å². The molecule has 0 N–H and O–H groups in total. The predicted molar refractivity (Wildman–Crippen MR) is 42.4 cm³/mol. The van der Waals surface area contributed by atoms with E-state index in [1.165, 1.54) is 17.7 Å². The molecule has 2 bridgehead atoms. The highest BCUT2D eigenvalue weighted by Crippen LogP contribution is 2.70. The van der Waals surface area contributed by atoms with Crippen LogP contribution >= 0.6 is 11.9 Å². The quantitative estimate of drug-likeness (QED) is 0.399. The van der Waals surface area contributed by atoms with E-state index in [9.17, 15) is 0 Å². The number of rotatable bonds is 0. The van der Waals surface area contributed by atoms with Crippen molar-refractivity contribution < 1.29 is 4.84 Å². The second-order valence-corrected chi connectivity index (χ2v) is 4.58. The van der Waals surface area contributed by atoms with Crippen LogP contribution in [0.25, 0.3) is 0 Å². The van der Waals surface area contributed by atoms with E-state index in [-0.39, 0.29) is 5.72 Å². The topological polar surface area (TPSA) is 15.5 Å². The molecule has 2 aliphatic heterocycles. The molecule has 4 rings (SSSR count). The van der Waals surface area contributed by atoms with Crippen molar-refractivity contribution in [1.29, 1.82) is 0 Å². The number of hydrogen-bond acceptors (Lipinski definition) is 3. The summed E-state index contributed by atoms with van der Waals surface area (Å²) in [5, 5.41) is 0. The molecule has 1 unspecified atom stereocenters. The summed E-state index contributed by atoms with van der Waals surface area (Å²) in [6.45, 7) is 0. The molecule has 2 spiro atoms. The molecule has 3 atom stereocenters. The van der Waals surface area contributed by atoms with E-state index in [1.807, 2.05) is 16.4 Å². The van der Waals surface area contributed by atoms with E-state index < -0.39 is 0 Å². The third-order valence-corrected chi connectivity index (χ3v) is 4.36. The summed E-state index contributed by atoms with van der Waals surface area (Å²) < 4.78 is 2.05. The molecule has 2 saturated heterocycles. The summed E-state index contributed by atoms with van der Waals surface area (Å²) in [4.78, 5) is 5.56. The normalized spacial score (nSPS) is 61.1. The molecular weight excluding hydrogens is 158 g/mol. The molecule has 2 fully saturated rings. The minimum Gasteiger partial charge on any atom is -0.254 e. The van der Waals surface area contributed by atoms with Crippen LogP contribution in [0.5, 0.6) is 0 Å². The van der Waals surface area contributed by atoms with Gasteiger partial charge < -0.3 is 0 Å². The molecular formula is C8H7NOS. The molecule has 0 aromatic rings. The molecule has 2 aliphatic carbocycles. The highest BCUT2D eigenvalue weighted by molar-refractivity contribution is 7.97. The lowest BCUT2D eigenvalue weighted by molar-refractivity contribution is 0.211. The maximum atomic E-state index is 5.56. The number of allylic oxidation sites excluding steroid dienone is 2. The molecule has 0 radical (unpaired) electrons. The summed E-state index contributed by atoms with van der Waals surface area (Å²) in [6, 6.07) is 0. The molecule has 56 valence electrons. The van der Waals surface area contributed by atoms with Crippen LogP contribution in [0.3, 0.4) is 0 Å². The highest BCUT2D eigenvalue weighted by Gasteiger charge is 2.75. The van der Waals surface area contributed by atoms with Gasteiger partial charge in [-0.25, -0.2) is 0 Å². The Bertz CT molecular complexity index is 324. The average molecular weight is 165 g/mol. The van der Waals surface area contributed by atoms with E-state index >= 15 is 0 Å². The lowest BCUT2D eigenvalue weighted by Gasteiger charge is -2.20. The smallest absolute Gasteiger partial charge is 0.205 e. The molecule has 4 aliphatic rings. The molecule has 3 heteroatoms. The van der Waals surface area contributed by atoms with E-state index in [1.54, 1.807) is 0 Å². The van der Waals surface area contributed by atoms with Crippen molar-refractivity contribution >= 4 is 11.9 Å². The number of hydrogen-bond donors (Lipinski definition) is 0. The third-order valence-electron chi connectivity index (χ3n) is 3.13. The molecule has 0 aromatic heterocycles. The summed E-state index contributed by atoms with van der Waals surface area (Å²) in [7, 11) is 0. The molecule has 11 heavy (non-hydrogen) atoms. The lowest BCUT2D eigenvalue weighted by Crippen LogP contribution is -2.30. The maximum absolute atomic E-state index is 5.56. The first-order valence-corrected chi connectivity index (χ1v) is 4.82. The Kier molecular flexibility index (Phi) is 0.599. The second-order valence-electron chi connectivity index (χ2n) is 3.70. The van der Waals surface area contributed by atoms with Crippen LogP contribution in [0.4, 0.5) is 0 Å². The van der Waals surface area contributed by atoms with Crippen LogP contribution in [0, 0.1) is 5.41 Å². The van der Waals surface area contributed by atoms with Gasteiger partial charge in [-0.3, -0.25) is 4.84 Å². The standard InChI is InChI=1S/C8H7NOS/c1-2-7-3-6(1)4-8(7)9(10-8)11-5-7/h1-2,4H,3,5H2/t7-,8+,9?/m0/s1. The molecule has 2 nitrogen and oxygen atoms in total. The third kappa shape index (κ3) is 0.371. The van der Waals surface area contributed by atoms with Crippen molar-refractivity contribution in [2.45, 2.75) is 12.1 Å². The number of hydroxylamine groups is 1. The van der Waals surface area contributed by atoms with Gasteiger partial charge in [-0.15, -0.1) is 0 Å². The summed E-state index contributed by atoms with van der Waals surface area (Å²) in [5.41, 5.74) is 1.81. The van der Waals surface area contributed by atoms with Crippen molar-refractivity contribution in [3.05, 3.63) is 23.8 Å². The van der Waals surface area contributed by atoms with Gasteiger partial charge in [0.15, 0.2) is 0 Å². The van der Waals surface area contributed by atoms with Crippen molar-refractivity contribution in [2.75, 3.05) is 5.75 Å².